The Bertz CT molecular complexity index is 478. The van der Waals surface area contributed by atoms with Crippen molar-refractivity contribution >= 4 is 29.0 Å². The van der Waals surface area contributed by atoms with E-state index in [9.17, 15) is 9.18 Å². The van der Waals surface area contributed by atoms with Crippen molar-refractivity contribution in [3.8, 4) is 0 Å². The first kappa shape index (κ1) is 15.1. The zero-order chi connectivity index (χ0) is 14.5. The quantitative estimate of drug-likeness (QED) is 0.820. The molecule has 1 heterocycles. The normalized spacial score (nSPS) is 19.8. The fourth-order valence-corrected chi connectivity index (χ4v) is 2.96. The lowest BCUT2D eigenvalue weighted by atomic mass is 10.2. The molecule has 1 saturated heterocycles. The number of rotatable bonds is 5. The second-order valence-corrected chi connectivity index (χ2v) is 6.21. The Labute approximate surface area is 122 Å². The van der Waals surface area contributed by atoms with Gasteiger partial charge in [0.2, 0.25) is 5.91 Å². The first-order chi connectivity index (χ1) is 9.56. The molecule has 0 radical (unpaired) electrons. The first-order valence-electron chi connectivity index (χ1n) is 6.65. The number of anilines is 2. The summed E-state index contributed by atoms with van der Waals surface area (Å²) >= 11 is 1.56. The minimum Gasteiger partial charge on any atom is -0.397 e. The highest BCUT2D eigenvalue weighted by atomic mass is 32.2. The number of hydrogen-bond donors (Lipinski definition) is 2. The van der Waals surface area contributed by atoms with Gasteiger partial charge in [-0.1, -0.05) is 0 Å². The van der Waals surface area contributed by atoms with Gasteiger partial charge in [-0.2, -0.15) is 0 Å². The van der Waals surface area contributed by atoms with E-state index in [1.807, 2.05) is 6.92 Å². The number of thioether (sulfide) groups is 1. The van der Waals surface area contributed by atoms with Gasteiger partial charge in [-0.25, -0.2) is 4.39 Å². The number of carbonyl (C=O) groups excluding carboxylic acids is 1. The van der Waals surface area contributed by atoms with Crippen LogP contribution >= 0.6 is 11.8 Å². The maximum absolute atomic E-state index is 12.9. The molecule has 0 spiro atoms. The standard InChI is InChI=1S/C14H19FN2O2S/c1-9(20-8-11-3-2-6-19-11)14(18)17-13-5-4-10(15)7-12(13)16/h4-5,7,9,11H,2-3,6,8,16H2,1H3,(H,17,18). The smallest absolute Gasteiger partial charge is 0.237 e. The van der Waals surface area contributed by atoms with Crippen LogP contribution in [0, 0.1) is 5.82 Å². The van der Waals surface area contributed by atoms with E-state index >= 15 is 0 Å². The first-order valence-corrected chi connectivity index (χ1v) is 7.70. The van der Waals surface area contributed by atoms with E-state index in [0.717, 1.165) is 25.2 Å². The molecular formula is C14H19FN2O2S. The van der Waals surface area contributed by atoms with Crippen LogP contribution in [0.2, 0.25) is 0 Å². The number of carbonyl (C=O) groups is 1. The van der Waals surface area contributed by atoms with Crippen LogP contribution in [-0.4, -0.2) is 29.6 Å². The summed E-state index contributed by atoms with van der Waals surface area (Å²) in [6, 6.07) is 3.94. The topological polar surface area (TPSA) is 64.3 Å². The maximum Gasteiger partial charge on any atom is 0.237 e. The van der Waals surface area contributed by atoms with Gasteiger partial charge in [0, 0.05) is 12.4 Å². The monoisotopic (exact) mass is 298 g/mol. The molecule has 1 fully saturated rings. The van der Waals surface area contributed by atoms with Crippen molar-refractivity contribution in [2.24, 2.45) is 0 Å². The van der Waals surface area contributed by atoms with Gasteiger partial charge in [-0.05, 0) is 38.0 Å². The molecule has 1 aliphatic heterocycles. The van der Waals surface area contributed by atoms with Gasteiger partial charge < -0.3 is 15.8 Å². The Hall–Kier alpha value is -1.27. The zero-order valence-electron chi connectivity index (χ0n) is 11.4. The summed E-state index contributed by atoms with van der Waals surface area (Å²) < 4.78 is 18.4. The van der Waals surface area contributed by atoms with Crippen LogP contribution in [0.15, 0.2) is 18.2 Å². The van der Waals surface area contributed by atoms with E-state index in [4.69, 9.17) is 10.5 Å². The van der Waals surface area contributed by atoms with Gasteiger partial charge in [0.25, 0.3) is 0 Å². The predicted molar refractivity (Wildman–Crippen MR) is 80.3 cm³/mol. The Morgan fingerprint density at radius 2 is 2.45 bits per heavy atom. The summed E-state index contributed by atoms with van der Waals surface area (Å²) in [5, 5.41) is 2.52. The summed E-state index contributed by atoms with van der Waals surface area (Å²) in [5.74, 6) is 0.264. The molecule has 0 aromatic heterocycles. The van der Waals surface area contributed by atoms with Crippen molar-refractivity contribution in [1.82, 2.24) is 0 Å². The Balaban J connectivity index is 1.83. The van der Waals surface area contributed by atoms with Crippen molar-refractivity contribution in [2.45, 2.75) is 31.1 Å². The Morgan fingerprint density at radius 1 is 1.65 bits per heavy atom. The fraction of sp³-hybridized carbons (Fsp3) is 0.500. The minimum absolute atomic E-state index is 0.133. The summed E-state index contributed by atoms with van der Waals surface area (Å²) in [6.07, 6.45) is 2.41. The zero-order valence-corrected chi connectivity index (χ0v) is 12.2. The average molecular weight is 298 g/mol. The van der Waals surface area contributed by atoms with E-state index in [2.05, 4.69) is 5.32 Å². The summed E-state index contributed by atoms with van der Waals surface area (Å²) in [4.78, 5) is 12.0. The fourth-order valence-electron chi connectivity index (χ4n) is 1.98. The number of benzene rings is 1. The Kier molecular flexibility index (Phi) is 5.25. The molecule has 0 bridgehead atoms. The molecule has 6 heteroatoms. The van der Waals surface area contributed by atoms with Crippen LogP contribution in [0.4, 0.5) is 15.8 Å². The second-order valence-electron chi connectivity index (χ2n) is 4.83. The lowest BCUT2D eigenvalue weighted by molar-refractivity contribution is -0.115. The van der Waals surface area contributed by atoms with Crippen molar-refractivity contribution in [3.63, 3.8) is 0 Å². The SMILES string of the molecule is CC(SCC1CCCO1)C(=O)Nc1ccc(F)cc1N. The molecule has 20 heavy (non-hydrogen) atoms. The molecule has 1 aromatic rings. The number of nitrogen functional groups attached to an aromatic ring is 1. The van der Waals surface area contributed by atoms with Crippen LogP contribution in [-0.2, 0) is 9.53 Å². The molecule has 2 unspecified atom stereocenters. The maximum atomic E-state index is 12.9. The van der Waals surface area contributed by atoms with Crippen molar-refractivity contribution in [3.05, 3.63) is 24.0 Å². The van der Waals surface area contributed by atoms with E-state index < -0.39 is 5.82 Å². The number of nitrogens with one attached hydrogen (secondary N) is 1. The van der Waals surface area contributed by atoms with Crippen LogP contribution in [0.3, 0.4) is 0 Å². The lowest BCUT2D eigenvalue weighted by Crippen LogP contribution is -2.24. The molecule has 0 aliphatic carbocycles. The van der Waals surface area contributed by atoms with Gasteiger partial charge in [0.15, 0.2) is 0 Å². The van der Waals surface area contributed by atoms with Crippen molar-refractivity contribution in [2.75, 3.05) is 23.4 Å². The summed E-state index contributed by atoms with van der Waals surface area (Å²) in [6.45, 7) is 2.66. The van der Waals surface area contributed by atoms with Crippen LogP contribution in [0.25, 0.3) is 0 Å². The number of halogens is 1. The number of hydrogen-bond acceptors (Lipinski definition) is 4. The number of ether oxygens (including phenoxy) is 1. The highest BCUT2D eigenvalue weighted by Crippen LogP contribution is 2.23. The van der Waals surface area contributed by atoms with E-state index in [-0.39, 0.29) is 22.9 Å². The highest BCUT2D eigenvalue weighted by molar-refractivity contribution is 8.00. The van der Waals surface area contributed by atoms with Crippen molar-refractivity contribution in [1.29, 1.82) is 0 Å². The van der Waals surface area contributed by atoms with Crippen molar-refractivity contribution < 1.29 is 13.9 Å². The molecule has 1 aromatic carbocycles. The van der Waals surface area contributed by atoms with Gasteiger partial charge in [0.05, 0.1) is 22.7 Å². The van der Waals surface area contributed by atoms with Gasteiger partial charge in [0.1, 0.15) is 5.82 Å². The third-order valence-electron chi connectivity index (χ3n) is 3.20. The molecule has 0 saturated carbocycles. The predicted octanol–water partition coefficient (Wildman–Crippen LogP) is 2.65. The van der Waals surface area contributed by atoms with Gasteiger partial charge >= 0.3 is 0 Å². The third-order valence-corrected chi connectivity index (χ3v) is 4.48. The van der Waals surface area contributed by atoms with Gasteiger partial charge in [-0.3, -0.25) is 4.79 Å². The average Bonchev–Trinajstić information content (AvgIpc) is 2.92. The number of nitrogens with two attached hydrogens (primary N) is 1. The largest absolute Gasteiger partial charge is 0.397 e. The molecule has 4 nitrogen and oxygen atoms in total. The molecule has 1 amide bonds. The molecule has 110 valence electrons. The van der Waals surface area contributed by atoms with E-state index in [0.29, 0.717) is 5.69 Å². The minimum atomic E-state index is -0.415. The second kappa shape index (κ2) is 6.95. The molecule has 1 aliphatic rings. The summed E-state index contributed by atoms with van der Waals surface area (Å²) in [5.41, 5.74) is 6.34. The summed E-state index contributed by atoms with van der Waals surface area (Å²) in [7, 11) is 0. The Morgan fingerprint density at radius 3 is 3.10 bits per heavy atom. The van der Waals surface area contributed by atoms with E-state index in [1.165, 1.54) is 18.2 Å². The van der Waals surface area contributed by atoms with Gasteiger partial charge in [-0.15, -0.1) is 11.8 Å². The third kappa shape index (κ3) is 4.11. The van der Waals surface area contributed by atoms with Crippen LogP contribution < -0.4 is 11.1 Å². The lowest BCUT2D eigenvalue weighted by Gasteiger charge is -2.15. The molecule has 2 rings (SSSR count). The molecular weight excluding hydrogens is 279 g/mol. The molecule has 3 N–H and O–H groups in total. The van der Waals surface area contributed by atoms with Crippen LogP contribution in [0.5, 0.6) is 0 Å². The highest BCUT2D eigenvalue weighted by Gasteiger charge is 2.20. The van der Waals surface area contributed by atoms with E-state index in [1.54, 1.807) is 11.8 Å². The number of amides is 1. The molecule has 2 atom stereocenters. The van der Waals surface area contributed by atoms with Crippen LogP contribution in [0.1, 0.15) is 19.8 Å².